The van der Waals surface area contributed by atoms with Crippen molar-refractivity contribution >= 4 is 18.7 Å². The number of rotatable bonds is 2. The molecule has 0 radical (unpaired) electrons. The van der Waals surface area contributed by atoms with Gasteiger partial charge in [-0.2, -0.15) is 0 Å². The predicted octanol–water partition coefficient (Wildman–Crippen LogP) is 2.68. The average molecular weight is 284 g/mol. The third-order valence-electron chi connectivity index (χ3n) is 3.91. The highest BCUT2D eigenvalue weighted by molar-refractivity contribution is 6.47. The number of phenolic OH excluding ortho intramolecular Hbond substituents is 1. The molecule has 0 unspecified atom stereocenters. The molecular formula is C13H19BClNO3. The van der Waals surface area contributed by atoms with E-state index >= 15 is 0 Å². The molecule has 1 saturated heterocycles. The molecule has 0 saturated carbocycles. The van der Waals surface area contributed by atoms with Crippen LogP contribution in [0.25, 0.3) is 0 Å². The Bertz CT molecular complexity index is 477. The Labute approximate surface area is 119 Å². The summed E-state index contributed by atoms with van der Waals surface area (Å²) in [7, 11) is -0.616. The van der Waals surface area contributed by atoms with Gasteiger partial charge in [0.05, 0.1) is 17.1 Å². The second-order valence-corrected chi connectivity index (χ2v) is 6.29. The Morgan fingerprint density at radius 3 is 2.26 bits per heavy atom. The van der Waals surface area contributed by atoms with Crippen LogP contribution >= 0.6 is 11.6 Å². The summed E-state index contributed by atoms with van der Waals surface area (Å²) in [5, 5.41) is 10.4. The number of nitrogens with two attached hydrogens (primary N) is 1. The van der Waals surface area contributed by atoms with Gasteiger partial charge >= 0.3 is 7.12 Å². The third-order valence-corrected chi connectivity index (χ3v) is 4.15. The Morgan fingerprint density at radius 2 is 1.74 bits per heavy atom. The molecule has 1 fully saturated rings. The molecule has 19 heavy (non-hydrogen) atoms. The highest BCUT2D eigenvalue weighted by Gasteiger charge is 2.53. The lowest BCUT2D eigenvalue weighted by Gasteiger charge is -2.32. The van der Waals surface area contributed by atoms with E-state index in [2.05, 4.69) is 0 Å². The average Bonchev–Trinajstić information content (AvgIpc) is 2.51. The van der Waals surface area contributed by atoms with Crippen molar-refractivity contribution in [2.24, 2.45) is 5.73 Å². The molecule has 0 aliphatic carbocycles. The smallest absolute Gasteiger partial charge is 0.480 e. The first kappa shape index (κ1) is 14.7. The number of aromatic hydroxyl groups is 1. The van der Waals surface area contributed by atoms with Gasteiger partial charge in [0.25, 0.3) is 0 Å². The number of phenols is 1. The summed E-state index contributed by atoms with van der Waals surface area (Å²) >= 11 is 5.93. The maximum Gasteiger partial charge on any atom is 0.480 e. The summed E-state index contributed by atoms with van der Waals surface area (Å²) in [6.45, 7) is 7.82. The monoisotopic (exact) mass is 283 g/mol. The SMILES string of the molecule is CC1(C)OB([C@H](N)c2cc(Cl)ccc2O)OC1(C)C. The number of halogens is 1. The summed E-state index contributed by atoms with van der Waals surface area (Å²) < 4.78 is 11.7. The Morgan fingerprint density at radius 1 is 1.21 bits per heavy atom. The van der Waals surface area contributed by atoms with Crippen LogP contribution in [0.1, 0.15) is 39.2 Å². The van der Waals surface area contributed by atoms with Crippen LogP contribution < -0.4 is 5.73 Å². The van der Waals surface area contributed by atoms with Gasteiger partial charge in [-0.1, -0.05) is 11.6 Å². The minimum atomic E-state index is -0.616. The van der Waals surface area contributed by atoms with Crippen molar-refractivity contribution in [1.82, 2.24) is 0 Å². The van der Waals surface area contributed by atoms with E-state index in [1.807, 2.05) is 27.7 Å². The van der Waals surface area contributed by atoms with Crippen molar-refractivity contribution in [1.29, 1.82) is 0 Å². The van der Waals surface area contributed by atoms with Gasteiger partial charge in [0.15, 0.2) is 0 Å². The first-order valence-corrected chi connectivity index (χ1v) is 6.61. The van der Waals surface area contributed by atoms with Crippen LogP contribution in [-0.4, -0.2) is 23.4 Å². The molecule has 1 aromatic rings. The molecule has 0 spiro atoms. The van der Waals surface area contributed by atoms with Gasteiger partial charge in [0.2, 0.25) is 0 Å². The molecule has 4 nitrogen and oxygen atoms in total. The molecule has 0 aromatic heterocycles. The summed E-state index contributed by atoms with van der Waals surface area (Å²) in [5.74, 6) is -0.508. The predicted molar refractivity (Wildman–Crippen MR) is 76.1 cm³/mol. The summed E-state index contributed by atoms with van der Waals surface area (Å²) in [6, 6.07) is 4.76. The lowest BCUT2D eigenvalue weighted by molar-refractivity contribution is 0.00578. The molecule has 1 atom stereocenters. The fourth-order valence-corrected chi connectivity index (χ4v) is 2.15. The standard InChI is InChI=1S/C13H19BClNO3/c1-12(2)13(3,4)19-14(18-12)11(16)9-7-8(15)5-6-10(9)17/h5-7,11,17H,16H2,1-4H3/t11-/m1/s1. The molecule has 3 N–H and O–H groups in total. The van der Waals surface area contributed by atoms with E-state index < -0.39 is 24.3 Å². The Balaban J connectivity index is 2.27. The van der Waals surface area contributed by atoms with Crippen LogP contribution in [0.5, 0.6) is 5.75 Å². The van der Waals surface area contributed by atoms with Gasteiger partial charge in [-0.15, -0.1) is 0 Å². The Kier molecular flexibility index (Phi) is 3.60. The molecule has 104 valence electrons. The van der Waals surface area contributed by atoms with E-state index in [4.69, 9.17) is 26.6 Å². The normalized spacial score (nSPS) is 22.5. The zero-order chi connectivity index (χ0) is 14.4. The first-order valence-electron chi connectivity index (χ1n) is 6.24. The van der Waals surface area contributed by atoms with Crippen LogP contribution in [0.3, 0.4) is 0 Å². The highest BCUT2D eigenvalue weighted by atomic mass is 35.5. The van der Waals surface area contributed by atoms with Crippen molar-refractivity contribution in [2.75, 3.05) is 0 Å². The second kappa shape index (κ2) is 4.67. The van der Waals surface area contributed by atoms with E-state index in [1.54, 1.807) is 12.1 Å². The maximum absolute atomic E-state index is 9.88. The second-order valence-electron chi connectivity index (χ2n) is 5.85. The molecule has 0 bridgehead atoms. The van der Waals surface area contributed by atoms with E-state index in [0.29, 0.717) is 10.6 Å². The number of hydrogen-bond donors (Lipinski definition) is 2. The first-order chi connectivity index (χ1) is 8.64. The zero-order valence-corrected chi connectivity index (χ0v) is 12.4. The topological polar surface area (TPSA) is 64.7 Å². The fourth-order valence-electron chi connectivity index (χ4n) is 1.97. The van der Waals surface area contributed by atoms with E-state index in [9.17, 15) is 5.11 Å². The van der Waals surface area contributed by atoms with Crippen LogP contribution in [-0.2, 0) is 9.31 Å². The molecule has 1 aliphatic heterocycles. The van der Waals surface area contributed by atoms with E-state index in [0.717, 1.165) is 0 Å². The highest BCUT2D eigenvalue weighted by Crippen LogP contribution is 2.40. The van der Waals surface area contributed by atoms with Crippen LogP contribution in [0.15, 0.2) is 18.2 Å². The molecule has 1 heterocycles. The lowest BCUT2D eigenvalue weighted by atomic mass is 9.74. The number of hydrogen-bond acceptors (Lipinski definition) is 4. The molecule has 6 heteroatoms. The maximum atomic E-state index is 9.88. The fraction of sp³-hybridized carbons (Fsp3) is 0.538. The van der Waals surface area contributed by atoms with Crippen LogP contribution in [0, 0.1) is 0 Å². The van der Waals surface area contributed by atoms with Gasteiger partial charge in [-0.25, -0.2) is 0 Å². The molecule has 1 aliphatic rings. The van der Waals surface area contributed by atoms with Crippen molar-refractivity contribution in [3.63, 3.8) is 0 Å². The molecule has 1 aromatic carbocycles. The van der Waals surface area contributed by atoms with E-state index in [-0.39, 0.29) is 5.75 Å². The molecule has 0 amide bonds. The summed E-state index contributed by atoms with van der Waals surface area (Å²) in [5.41, 5.74) is 5.75. The summed E-state index contributed by atoms with van der Waals surface area (Å²) in [6.07, 6.45) is 0. The zero-order valence-electron chi connectivity index (χ0n) is 11.6. The van der Waals surface area contributed by atoms with Crippen molar-refractivity contribution in [2.45, 2.75) is 44.8 Å². The van der Waals surface area contributed by atoms with Crippen LogP contribution in [0.4, 0.5) is 0 Å². The lowest BCUT2D eigenvalue weighted by Crippen LogP contribution is -2.41. The van der Waals surface area contributed by atoms with Gasteiger partial charge in [-0.05, 0) is 45.9 Å². The molecular weight excluding hydrogens is 264 g/mol. The van der Waals surface area contributed by atoms with Gasteiger partial charge in [-0.3, -0.25) is 0 Å². The van der Waals surface area contributed by atoms with Crippen LogP contribution in [0.2, 0.25) is 5.02 Å². The number of benzene rings is 1. The summed E-state index contributed by atoms with van der Waals surface area (Å²) in [4.78, 5) is 0. The minimum Gasteiger partial charge on any atom is -0.508 e. The van der Waals surface area contributed by atoms with Crippen molar-refractivity contribution in [3.8, 4) is 5.75 Å². The molecule has 2 rings (SSSR count). The van der Waals surface area contributed by atoms with Gasteiger partial charge in [0, 0.05) is 10.6 Å². The Hall–Kier alpha value is -0.745. The third kappa shape index (κ3) is 2.61. The van der Waals surface area contributed by atoms with Crippen molar-refractivity contribution in [3.05, 3.63) is 28.8 Å². The van der Waals surface area contributed by atoms with Gasteiger partial charge in [0.1, 0.15) is 5.75 Å². The largest absolute Gasteiger partial charge is 0.508 e. The van der Waals surface area contributed by atoms with Crippen molar-refractivity contribution < 1.29 is 14.4 Å². The van der Waals surface area contributed by atoms with E-state index in [1.165, 1.54) is 6.07 Å². The van der Waals surface area contributed by atoms with Gasteiger partial charge < -0.3 is 20.1 Å². The minimum absolute atomic E-state index is 0.0895. The quantitative estimate of drug-likeness (QED) is 0.819.